The fraction of sp³-hybridized carbons (Fsp3) is 0.278. The maximum absolute atomic E-state index is 11.7. The quantitative estimate of drug-likeness (QED) is 0.649. The molecule has 7 heteroatoms. The van der Waals surface area contributed by atoms with Gasteiger partial charge in [-0.05, 0) is 30.3 Å². The number of anilines is 1. The Morgan fingerprint density at radius 3 is 2.52 bits per heavy atom. The van der Waals surface area contributed by atoms with Crippen molar-refractivity contribution in [1.82, 2.24) is 5.32 Å². The Labute approximate surface area is 159 Å². The summed E-state index contributed by atoms with van der Waals surface area (Å²) in [6, 6.07) is 14.8. The molecular weight excluding hydrogens is 363 g/mol. The van der Waals surface area contributed by atoms with Crippen LogP contribution in [0.15, 0.2) is 48.5 Å². The van der Waals surface area contributed by atoms with Gasteiger partial charge in [0.25, 0.3) is 0 Å². The molecule has 2 aromatic carbocycles. The number of amides is 1. The minimum atomic E-state index is -0.101. The topological polar surface area (TPSA) is 59.6 Å². The normalized spacial score (nSPS) is 10.0. The standard InChI is InChI=1S/C18H21ClN2O3.ClH/c1-23-11-10-20-12-18(22)21-15-6-8-16(9-7-15)24-13-14-4-2-3-5-17(14)19;/h2-9,20H,10-13H2,1H3,(H,21,22);1H. The van der Waals surface area contributed by atoms with E-state index < -0.39 is 0 Å². The molecule has 0 fully saturated rings. The fourth-order valence-electron chi connectivity index (χ4n) is 1.99. The molecule has 0 saturated heterocycles. The van der Waals surface area contributed by atoms with Crippen molar-refractivity contribution in [3.8, 4) is 5.75 Å². The van der Waals surface area contributed by atoms with Gasteiger partial charge in [-0.15, -0.1) is 12.4 Å². The molecule has 0 aromatic heterocycles. The maximum Gasteiger partial charge on any atom is 0.238 e. The van der Waals surface area contributed by atoms with E-state index in [0.29, 0.717) is 30.5 Å². The number of carbonyl (C=O) groups is 1. The van der Waals surface area contributed by atoms with Crippen molar-refractivity contribution in [3.05, 3.63) is 59.1 Å². The molecule has 0 atom stereocenters. The molecule has 0 aliphatic carbocycles. The van der Waals surface area contributed by atoms with Gasteiger partial charge >= 0.3 is 0 Å². The smallest absolute Gasteiger partial charge is 0.238 e. The molecule has 0 spiro atoms. The molecule has 0 bridgehead atoms. The number of hydrogen-bond donors (Lipinski definition) is 2. The van der Waals surface area contributed by atoms with Crippen LogP contribution in [0.5, 0.6) is 5.75 Å². The van der Waals surface area contributed by atoms with Crippen LogP contribution in [0.3, 0.4) is 0 Å². The molecule has 0 unspecified atom stereocenters. The van der Waals surface area contributed by atoms with E-state index in [4.69, 9.17) is 21.1 Å². The van der Waals surface area contributed by atoms with Crippen LogP contribution in [-0.4, -0.2) is 32.7 Å². The molecule has 0 heterocycles. The number of carbonyl (C=O) groups excluding carboxylic acids is 1. The van der Waals surface area contributed by atoms with E-state index in [2.05, 4.69) is 10.6 Å². The molecular formula is C18H22Cl2N2O3. The first-order chi connectivity index (χ1) is 11.7. The van der Waals surface area contributed by atoms with Gasteiger partial charge in [-0.25, -0.2) is 0 Å². The minimum Gasteiger partial charge on any atom is -0.489 e. The van der Waals surface area contributed by atoms with Gasteiger partial charge in [0, 0.05) is 29.9 Å². The Balaban J connectivity index is 0.00000312. The lowest BCUT2D eigenvalue weighted by molar-refractivity contribution is -0.115. The molecule has 0 saturated carbocycles. The van der Waals surface area contributed by atoms with Crippen molar-refractivity contribution >= 4 is 35.6 Å². The molecule has 136 valence electrons. The van der Waals surface area contributed by atoms with Gasteiger partial charge in [-0.1, -0.05) is 29.8 Å². The van der Waals surface area contributed by atoms with E-state index in [1.54, 1.807) is 19.2 Å². The third-order valence-corrected chi connectivity index (χ3v) is 3.63. The molecule has 2 aromatic rings. The lowest BCUT2D eigenvalue weighted by atomic mass is 10.2. The minimum absolute atomic E-state index is 0. The summed E-state index contributed by atoms with van der Waals surface area (Å²) in [5, 5.41) is 6.48. The van der Waals surface area contributed by atoms with Gasteiger partial charge in [0.05, 0.1) is 13.2 Å². The second kappa shape index (κ2) is 11.7. The average Bonchev–Trinajstić information content (AvgIpc) is 2.59. The van der Waals surface area contributed by atoms with Crippen LogP contribution in [0.1, 0.15) is 5.56 Å². The molecule has 0 aliphatic rings. The van der Waals surface area contributed by atoms with E-state index >= 15 is 0 Å². The molecule has 0 aliphatic heterocycles. The summed E-state index contributed by atoms with van der Waals surface area (Å²) in [7, 11) is 1.62. The van der Waals surface area contributed by atoms with Crippen LogP contribution in [-0.2, 0) is 16.1 Å². The number of halogens is 2. The number of nitrogens with one attached hydrogen (secondary N) is 2. The number of ether oxygens (including phenoxy) is 2. The zero-order valence-electron chi connectivity index (χ0n) is 14.0. The van der Waals surface area contributed by atoms with Crippen molar-refractivity contribution in [1.29, 1.82) is 0 Å². The van der Waals surface area contributed by atoms with Crippen molar-refractivity contribution < 1.29 is 14.3 Å². The van der Waals surface area contributed by atoms with Gasteiger partial charge < -0.3 is 20.1 Å². The van der Waals surface area contributed by atoms with Crippen LogP contribution < -0.4 is 15.4 Å². The first-order valence-corrected chi connectivity index (χ1v) is 8.02. The summed E-state index contributed by atoms with van der Waals surface area (Å²) in [6.45, 7) is 1.85. The van der Waals surface area contributed by atoms with E-state index in [-0.39, 0.29) is 24.9 Å². The number of hydrogen-bond acceptors (Lipinski definition) is 4. The lowest BCUT2D eigenvalue weighted by Gasteiger charge is -2.09. The fourth-order valence-corrected chi connectivity index (χ4v) is 2.18. The van der Waals surface area contributed by atoms with Gasteiger partial charge in [0.1, 0.15) is 12.4 Å². The second-order valence-corrected chi connectivity index (χ2v) is 5.53. The summed E-state index contributed by atoms with van der Waals surface area (Å²) >= 11 is 6.09. The lowest BCUT2D eigenvalue weighted by Crippen LogP contribution is -2.30. The van der Waals surface area contributed by atoms with Gasteiger partial charge in [-0.2, -0.15) is 0 Å². The highest BCUT2D eigenvalue weighted by Gasteiger charge is 2.03. The molecule has 0 radical (unpaired) electrons. The first kappa shape index (κ1) is 21.3. The molecule has 2 rings (SSSR count). The number of benzene rings is 2. The zero-order valence-corrected chi connectivity index (χ0v) is 15.5. The third-order valence-electron chi connectivity index (χ3n) is 3.26. The van der Waals surface area contributed by atoms with Crippen LogP contribution in [0.25, 0.3) is 0 Å². The summed E-state index contributed by atoms with van der Waals surface area (Å²) in [5.41, 5.74) is 1.65. The van der Waals surface area contributed by atoms with Crippen molar-refractivity contribution in [2.24, 2.45) is 0 Å². The van der Waals surface area contributed by atoms with Crippen LogP contribution >= 0.6 is 24.0 Å². The summed E-state index contributed by atoms with van der Waals surface area (Å²) in [6.07, 6.45) is 0. The molecule has 2 N–H and O–H groups in total. The highest BCUT2D eigenvalue weighted by atomic mass is 35.5. The third kappa shape index (κ3) is 7.75. The van der Waals surface area contributed by atoms with E-state index in [1.807, 2.05) is 36.4 Å². The van der Waals surface area contributed by atoms with E-state index in [9.17, 15) is 4.79 Å². The number of methoxy groups -OCH3 is 1. The highest BCUT2D eigenvalue weighted by molar-refractivity contribution is 6.31. The number of rotatable bonds is 9. The Morgan fingerprint density at radius 2 is 1.84 bits per heavy atom. The Kier molecular flexibility index (Phi) is 9.96. The summed E-state index contributed by atoms with van der Waals surface area (Å²) in [4.78, 5) is 11.7. The monoisotopic (exact) mass is 384 g/mol. The average molecular weight is 385 g/mol. The van der Waals surface area contributed by atoms with Gasteiger partial charge in [0.15, 0.2) is 0 Å². The van der Waals surface area contributed by atoms with Crippen molar-refractivity contribution in [2.45, 2.75) is 6.61 Å². The van der Waals surface area contributed by atoms with Crippen LogP contribution in [0.4, 0.5) is 5.69 Å². The van der Waals surface area contributed by atoms with E-state index in [0.717, 1.165) is 11.3 Å². The maximum atomic E-state index is 11.7. The first-order valence-electron chi connectivity index (χ1n) is 7.65. The predicted octanol–water partition coefficient (Wildman–Crippen LogP) is 3.52. The largest absolute Gasteiger partial charge is 0.489 e. The van der Waals surface area contributed by atoms with E-state index in [1.165, 1.54) is 0 Å². The predicted molar refractivity (Wildman–Crippen MR) is 103 cm³/mol. The summed E-state index contributed by atoms with van der Waals surface area (Å²) in [5.74, 6) is 0.613. The highest BCUT2D eigenvalue weighted by Crippen LogP contribution is 2.20. The van der Waals surface area contributed by atoms with Crippen molar-refractivity contribution in [3.63, 3.8) is 0 Å². The van der Waals surface area contributed by atoms with Crippen molar-refractivity contribution in [2.75, 3.05) is 32.1 Å². The van der Waals surface area contributed by atoms with Gasteiger partial charge in [-0.3, -0.25) is 4.79 Å². The molecule has 25 heavy (non-hydrogen) atoms. The van der Waals surface area contributed by atoms with Crippen LogP contribution in [0, 0.1) is 0 Å². The molecule has 5 nitrogen and oxygen atoms in total. The molecule has 1 amide bonds. The SMILES string of the molecule is COCCNCC(=O)Nc1ccc(OCc2ccccc2Cl)cc1.Cl. The Bertz CT molecular complexity index is 651. The Morgan fingerprint density at radius 1 is 1.12 bits per heavy atom. The van der Waals surface area contributed by atoms with Crippen LogP contribution in [0.2, 0.25) is 5.02 Å². The second-order valence-electron chi connectivity index (χ2n) is 5.12. The Hall–Kier alpha value is -1.79. The summed E-state index contributed by atoms with van der Waals surface area (Å²) < 4.78 is 10.6. The zero-order chi connectivity index (χ0) is 17.2. The van der Waals surface area contributed by atoms with Gasteiger partial charge in [0.2, 0.25) is 5.91 Å².